The van der Waals surface area contributed by atoms with Gasteiger partial charge in [0.2, 0.25) is 0 Å². The second kappa shape index (κ2) is 10.1. The number of halogens is 1. The molecule has 10 heteroatoms. The highest BCUT2D eigenvalue weighted by molar-refractivity contribution is 7.92. The summed E-state index contributed by atoms with van der Waals surface area (Å²) in [5.41, 5.74) is 4.44. The van der Waals surface area contributed by atoms with E-state index >= 15 is 0 Å². The predicted octanol–water partition coefficient (Wildman–Crippen LogP) is 6.25. The molecule has 196 valence electrons. The number of para-hydroxylation sites is 1. The van der Waals surface area contributed by atoms with Gasteiger partial charge in [0.1, 0.15) is 0 Å². The molecule has 0 atom stereocenters. The topological polar surface area (TPSA) is 83.5 Å². The number of hydrogen-bond donors (Lipinski definition) is 0. The fourth-order valence-electron chi connectivity index (χ4n) is 4.70. The number of aromatic nitrogens is 2. The lowest BCUT2D eigenvalue weighted by Gasteiger charge is -2.21. The van der Waals surface area contributed by atoms with Crippen LogP contribution in [0.2, 0.25) is 5.02 Å². The number of carbonyl (C=O) groups is 1. The normalized spacial score (nSPS) is 13.0. The van der Waals surface area contributed by atoms with Crippen molar-refractivity contribution >= 4 is 59.9 Å². The number of amides is 1. The van der Waals surface area contributed by atoms with Crippen molar-refractivity contribution in [3.8, 4) is 0 Å². The van der Waals surface area contributed by atoms with Gasteiger partial charge < -0.3 is 0 Å². The Balaban J connectivity index is 1.34. The first-order chi connectivity index (χ1) is 18.8. The largest absolute Gasteiger partial charge is 0.278 e. The van der Waals surface area contributed by atoms with E-state index in [9.17, 15) is 13.2 Å². The van der Waals surface area contributed by atoms with Crippen molar-refractivity contribution in [2.45, 2.75) is 24.8 Å². The number of carbonyl (C=O) groups excluding carboxylic acids is 1. The molecule has 3 heterocycles. The van der Waals surface area contributed by atoms with Gasteiger partial charge in [-0.1, -0.05) is 53.3 Å². The first kappa shape index (κ1) is 25.5. The Morgan fingerprint density at radius 2 is 1.79 bits per heavy atom. The SMILES string of the molecule is Cc1ccc(Cl)c2sc(N(Cc3ccccn3)C(=O)c3ccc(S(=O)(=O)N4CCc5ccccc54)cc3)nc12. The monoisotopic (exact) mass is 574 g/mol. The van der Waals surface area contributed by atoms with Crippen LogP contribution in [0.15, 0.2) is 90.0 Å². The molecule has 1 aliphatic heterocycles. The second-order valence-electron chi connectivity index (χ2n) is 9.23. The van der Waals surface area contributed by atoms with Crippen molar-refractivity contribution in [1.29, 1.82) is 0 Å². The minimum atomic E-state index is -3.77. The van der Waals surface area contributed by atoms with Crippen LogP contribution >= 0.6 is 22.9 Å². The van der Waals surface area contributed by atoms with E-state index in [2.05, 4.69) is 4.98 Å². The van der Waals surface area contributed by atoms with Gasteiger partial charge in [-0.05, 0) is 73.0 Å². The Hall–Kier alpha value is -3.79. The summed E-state index contributed by atoms with van der Waals surface area (Å²) in [7, 11) is -3.77. The number of hydrogen-bond acceptors (Lipinski definition) is 6. The number of nitrogens with zero attached hydrogens (tertiary/aromatic N) is 4. The third kappa shape index (κ3) is 4.67. The van der Waals surface area contributed by atoms with Gasteiger partial charge in [-0.2, -0.15) is 0 Å². The van der Waals surface area contributed by atoms with Crippen molar-refractivity contribution in [3.63, 3.8) is 0 Å². The third-order valence-corrected chi connectivity index (χ3v) is 10.1. The minimum absolute atomic E-state index is 0.134. The molecular formula is C29H23ClN4O3S2. The molecule has 1 aliphatic rings. The maximum Gasteiger partial charge on any atom is 0.264 e. The molecule has 0 bridgehead atoms. The zero-order valence-electron chi connectivity index (χ0n) is 20.9. The van der Waals surface area contributed by atoms with E-state index in [1.807, 2.05) is 61.5 Å². The highest BCUT2D eigenvalue weighted by atomic mass is 35.5. The first-order valence-electron chi connectivity index (χ1n) is 12.3. The minimum Gasteiger partial charge on any atom is -0.278 e. The molecular weight excluding hydrogens is 552 g/mol. The van der Waals surface area contributed by atoms with Crippen LogP contribution in [0.5, 0.6) is 0 Å². The Labute approximate surface area is 235 Å². The van der Waals surface area contributed by atoms with Crippen LogP contribution in [-0.2, 0) is 23.0 Å². The quantitative estimate of drug-likeness (QED) is 0.239. The van der Waals surface area contributed by atoms with Gasteiger partial charge in [0, 0.05) is 18.3 Å². The molecule has 0 saturated carbocycles. The molecule has 0 radical (unpaired) electrons. The Morgan fingerprint density at radius 1 is 1.03 bits per heavy atom. The number of sulfonamides is 1. The van der Waals surface area contributed by atoms with Crippen LogP contribution in [-0.4, -0.2) is 30.8 Å². The molecule has 39 heavy (non-hydrogen) atoms. The van der Waals surface area contributed by atoms with Gasteiger partial charge in [0.25, 0.3) is 15.9 Å². The van der Waals surface area contributed by atoms with Gasteiger partial charge in [0.15, 0.2) is 5.13 Å². The van der Waals surface area contributed by atoms with Crippen LogP contribution in [0, 0.1) is 6.92 Å². The lowest BCUT2D eigenvalue weighted by Crippen LogP contribution is -2.31. The smallest absolute Gasteiger partial charge is 0.264 e. The maximum absolute atomic E-state index is 13.8. The first-order valence-corrected chi connectivity index (χ1v) is 14.9. The number of thiazole rings is 1. The molecule has 5 aromatic rings. The Morgan fingerprint density at radius 3 is 2.54 bits per heavy atom. The summed E-state index contributed by atoms with van der Waals surface area (Å²) in [4.78, 5) is 24.7. The summed E-state index contributed by atoms with van der Waals surface area (Å²) in [6.07, 6.45) is 2.34. The van der Waals surface area contributed by atoms with E-state index in [-0.39, 0.29) is 17.3 Å². The van der Waals surface area contributed by atoms with E-state index in [4.69, 9.17) is 16.6 Å². The molecule has 3 aromatic carbocycles. The van der Waals surface area contributed by atoms with Gasteiger partial charge in [-0.15, -0.1) is 0 Å². The number of benzene rings is 3. The van der Waals surface area contributed by atoms with E-state index in [1.54, 1.807) is 23.2 Å². The molecule has 0 spiro atoms. The van der Waals surface area contributed by atoms with Gasteiger partial charge in [0.05, 0.1) is 38.1 Å². The van der Waals surface area contributed by atoms with Crippen molar-refractivity contribution in [2.75, 3.05) is 15.7 Å². The molecule has 0 saturated heterocycles. The van der Waals surface area contributed by atoms with Gasteiger partial charge >= 0.3 is 0 Å². The molecule has 7 nitrogen and oxygen atoms in total. The van der Waals surface area contributed by atoms with E-state index in [0.29, 0.717) is 40.1 Å². The lowest BCUT2D eigenvalue weighted by molar-refractivity contribution is 0.0984. The number of pyridine rings is 1. The molecule has 1 amide bonds. The molecule has 2 aromatic heterocycles. The van der Waals surface area contributed by atoms with Gasteiger partial charge in [-0.3, -0.25) is 19.0 Å². The van der Waals surface area contributed by atoms with E-state index in [1.165, 1.54) is 27.8 Å². The highest BCUT2D eigenvalue weighted by Crippen LogP contribution is 2.37. The van der Waals surface area contributed by atoms with Crippen LogP contribution < -0.4 is 9.21 Å². The summed E-state index contributed by atoms with van der Waals surface area (Å²) in [5, 5.41) is 1.06. The summed E-state index contributed by atoms with van der Waals surface area (Å²) in [5.74, 6) is -0.316. The molecule has 0 unspecified atom stereocenters. The van der Waals surface area contributed by atoms with Crippen LogP contribution in [0.25, 0.3) is 10.2 Å². The second-order valence-corrected chi connectivity index (χ2v) is 12.5. The molecule has 0 aliphatic carbocycles. The van der Waals surface area contributed by atoms with Crippen LogP contribution in [0.4, 0.5) is 10.8 Å². The Kier molecular flexibility index (Phi) is 6.58. The standard InChI is InChI=1S/C29H23ClN4O3S2/c1-19-9-14-24(30)27-26(19)32-29(38-27)33(18-22-7-4-5-16-31-22)28(35)21-10-12-23(13-11-21)39(36,37)34-17-15-20-6-2-3-8-25(20)34/h2-14,16H,15,17-18H2,1H3. The maximum atomic E-state index is 13.8. The lowest BCUT2D eigenvalue weighted by atomic mass is 10.2. The highest BCUT2D eigenvalue weighted by Gasteiger charge is 2.31. The average Bonchev–Trinajstić information content (AvgIpc) is 3.60. The summed E-state index contributed by atoms with van der Waals surface area (Å²) < 4.78 is 29.1. The zero-order chi connectivity index (χ0) is 27.1. The molecule has 0 N–H and O–H groups in total. The van der Waals surface area contributed by atoms with Crippen molar-refractivity contribution in [2.24, 2.45) is 0 Å². The van der Waals surface area contributed by atoms with Crippen molar-refractivity contribution in [3.05, 3.63) is 112 Å². The fraction of sp³-hybridized carbons (Fsp3) is 0.138. The fourth-order valence-corrected chi connectivity index (χ4v) is 7.51. The number of anilines is 2. The molecule has 0 fully saturated rings. The predicted molar refractivity (Wildman–Crippen MR) is 155 cm³/mol. The van der Waals surface area contributed by atoms with E-state index < -0.39 is 10.0 Å². The van der Waals surface area contributed by atoms with Crippen LogP contribution in [0.3, 0.4) is 0 Å². The van der Waals surface area contributed by atoms with Gasteiger partial charge in [-0.25, -0.2) is 13.4 Å². The summed E-state index contributed by atoms with van der Waals surface area (Å²) in [6.45, 7) is 2.53. The van der Waals surface area contributed by atoms with E-state index in [0.717, 1.165) is 21.3 Å². The number of rotatable bonds is 6. The van der Waals surface area contributed by atoms with Crippen molar-refractivity contribution < 1.29 is 13.2 Å². The van der Waals surface area contributed by atoms with Crippen LogP contribution in [0.1, 0.15) is 27.2 Å². The zero-order valence-corrected chi connectivity index (χ0v) is 23.3. The third-order valence-electron chi connectivity index (χ3n) is 6.74. The molecule has 6 rings (SSSR count). The number of aryl methyl sites for hydroxylation is 1. The average molecular weight is 575 g/mol. The Bertz CT molecular complexity index is 1770. The van der Waals surface area contributed by atoms with Crippen molar-refractivity contribution in [1.82, 2.24) is 9.97 Å². The summed E-state index contributed by atoms with van der Waals surface area (Å²) >= 11 is 7.78. The summed E-state index contributed by atoms with van der Waals surface area (Å²) in [6, 6.07) is 22.8. The number of fused-ring (bicyclic) bond motifs is 2.